The summed E-state index contributed by atoms with van der Waals surface area (Å²) in [5.41, 5.74) is 2.28. The van der Waals surface area contributed by atoms with E-state index >= 15 is 0 Å². The molecule has 1 atom stereocenters. The van der Waals surface area contributed by atoms with Gasteiger partial charge >= 0.3 is 5.97 Å². The van der Waals surface area contributed by atoms with E-state index in [0.29, 0.717) is 56.1 Å². The topological polar surface area (TPSA) is 93.9 Å². The number of rotatable bonds is 8. The molecule has 0 amide bonds. The third-order valence-electron chi connectivity index (χ3n) is 6.77. The first-order valence-corrected chi connectivity index (χ1v) is 12.3. The average Bonchev–Trinajstić information content (AvgIpc) is 2.90. The molecular formula is C28H33N3O5. The summed E-state index contributed by atoms with van der Waals surface area (Å²) in [5.74, 6) is 0.278. The highest BCUT2D eigenvalue weighted by Gasteiger charge is 2.34. The van der Waals surface area contributed by atoms with E-state index in [0.717, 1.165) is 11.3 Å². The fourth-order valence-corrected chi connectivity index (χ4v) is 4.90. The minimum atomic E-state index is -0.508. The quantitative estimate of drug-likeness (QED) is 0.481. The molecule has 190 valence electrons. The number of aromatic hydroxyl groups is 1. The van der Waals surface area contributed by atoms with Crippen molar-refractivity contribution in [3.05, 3.63) is 87.6 Å². The smallest absolute Gasteiger partial charge is 0.309 e. The summed E-state index contributed by atoms with van der Waals surface area (Å²) in [6.07, 6.45) is 2.94. The van der Waals surface area contributed by atoms with Gasteiger partial charge in [-0.2, -0.15) is 0 Å². The molecule has 0 spiro atoms. The van der Waals surface area contributed by atoms with Crippen LogP contribution in [0.1, 0.15) is 48.3 Å². The van der Waals surface area contributed by atoms with Gasteiger partial charge in [-0.05, 0) is 75.7 Å². The SMILES string of the molecule is CCOC(=O)C1CCN(C(c2cccc(OC)c2)c2c(O)cc(C)n(Cc3ccccn3)c2=O)CC1. The number of hydrogen-bond acceptors (Lipinski definition) is 7. The normalized spacial score (nSPS) is 15.4. The van der Waals surface area contributed by atoms with Crippen LogP contribution < -0.4 is 10.3 Å². The number of aryl methyl sites for hydroxylation is 1. The number of benzene rings is 1. The van der Waals surface area contributed by atoms with Crippen molar-refractivity contribution in [2.24, 2.45) is 5.92 Å². The molecule has 2 aromatic heterocycles. The Balaban J connectivity index is 1.76. The fourth-order valence-electron chi connectivity index (χ4n) is 4.90. The number of ether oxygens (including phenoxy) is 2. The molecule has 0 radical (unpaired) electrons. The van der Waals surface area contributed by atoms with Gasteiger partial charge in [-0.1, -0.05) is 18.2 Å². The Hall–Kier alpha value is -3.65. The Kier molecular flexibility index (Phi) is 8.05. The lowest BCUT2D eigenvalue weighted by Gasteiger charge is -2.37. The Labute approximate surface area is 211 Å². The summed E-state index contributed by atoms with van der Waals surface area (Å²) < 4.78 is 12.3. The summed E-state index contributed by atoms with van der Waals surface area (Å²) in [5, 5.41) is 11.1. The Morgan fingerprint density at radius 2 is 1.94 bits per heavy atom. The van der Waals surface area contributed by atoms with Gasteiger partial charge in [-0.25, -0.2) is 0 Å². The predicted molar refractivity (Wildman–Crippen MR) is 136 cm³/mol. The van der Waals surface area contributed by atoms with E-state index in [1.54, 1.807) is 30.9 Å². The number of carbonyl (C=O) groups is 1. The van der Waals surface area contributed by atoms with Crippen molar-refractivity contribution in [2.45, 2.75) is 39.3 Å². The summed E-state index contributed by atoms with van der Waals surface area (Å²) >= 11 is 0. The van der Waals surface area contributed by atoms with Crippen molar-refractivity contribution in [1.82, 2.24) is 14.5 Å². The van der Waals surface area contributed by atoms with Crippen LogP contribution >= 0.6 is 0 Å². The maximum Gasteiger partial charge on any atom is 0.309 e. The van der Waals surface area contributed by atoms with E-state index in [9.17, 15) is 14.7 Å². The molecule has 0 aliphatic carbocycles. The maximum absolute atomic E-state index is 13.9. The van der Waals surface area contributed by atoms with Crippen LogP contribution in [0.25, 0.3) is 0 Å². The Morgan fingerprint density at radius 3 is 2.61 bits per heavy atom. The number of likely N-dealkylation sites (tertiary alicyclic amines) is 1. The van der Waals surface area contributed by atoms with Crippen LogP contribution in [0.5, 0.6) is 11.5 Å². The lowest BCUT2D eigenvalue weighted by molar-refractivity contribution is -0.149. The second-order valence-corrected chi connectivity index (χ2v) is 9.04. The van der Waals surface area contributed by atoms with Gasteiger partial charge in [0.1, 0.15) is 11.5 Å². The van der Waals surface area contributed by atoms with E-state index in [-0.39, 0.29) is 23.2 Å². The van der Waals surface area contributed by atoms with Gasteiger partial charge in [0.05, 0.1) is 43.5 Å². The largest absolute Gasteiger partial charge is 0.507 e. The van der Waals surface area contributed by atoms with Crippen molar-refractivity contribution in [3.8, 4) is 11.5 Å². The molecule has 1 aliphatic heterocycles. The summed E-state index contributed by atoms with van der Waals surface area (Å²) in [4.78, 5) is 32.8. The number of pyridine rings is 2. The first kappa shape index (κ1) is 25.4. The van der Waals surface area contributed by atoms with Gasteiger partial charge in [0.25, 0.3) is 5.56 Å². The Bertz CT molecular complexity index is 1250. The molecule has 0 saturated carbocycles. The minimum Gasteiger partial charge on any atom is -0.507 e. The zero-order chi connectivity index (χ0) is 25.7. The van der Waals surface area contributed by atoms with E-state index in [2.05, 4.69) is 9.88 Å². The number of nitrogens with zero attached hydrogens (tertiary/aromatic N) is 3. The molecular weight excluding hydrogens is 458 g/mol. The number of hydrogen-bond donors (Lipinski definition) is 1. The van der Waals surface area contributed by atoms with Crippen LogP contribution in [0, 0.1) is 12.8 Å². The number of methoxy groups -OCH3 is 1. The summed E-state index contributed by atoms with van der Waals surface area (Å²) in [6, 6.07) is 14.3. The molecule has 36 heavy (non-hydrogen) atoms. The molecule has 0 bridgehead atoms. The number of piperidine rings is 1. The van der Waals surface area contributed by atoms with Gasteiger partial charge in [0, 0.05) is 11.9 Å². The number of esters is 1. The van der Waals surface area contributed by atoms with Crippen LogP contribution in [0.15, 0.2) is 59.5 Å². The monoisotopic (exact) mass is 491 g/mol. The molecule has 1 N–H and O–H groups in total. The number of aromatic nitrogens is 2. The Morgan fingerprint density at radius 1 is 1.17 bits per heavy atom. The standard InChI is InChI=1S/C28H33N3O5/c1-4-36-28(34)20-11-14-30(15-12-20)26(21-8-7-10-23(17-21)35-3)25-24(32)16-19(2)31(27(25)33)18-22-9-5-6-13-29-22/h5-10,13,16-17,20,26,32H,4,11-12,14-15,18H2,1-3H3. The molecule has 1 unspecified atom stereocenters. The van der Waals surface area contributed by atoms with E-state index in [1.165, 1.54) is 0 Å². The molecule has 8 heteroatoms. The molecule has 1 saturated heterocycles. The van der Waals surface area contributed by atoms with Crippen LogP contribution in [0.4, 0.5) is 0 Å². The van der Waals surface area contributed by atoms with Gasteiger partial charge < -0.3 is 19.1 Å². The predicted octanol–water partition coefficient (Wildman–Crippen LogP) is 3.68. The highest BCUT2D eigenvalue weighted by atomic mass is 16.5. The second kappa shape index (κ2) is 11.4. The highest BCUT2D eigenvalue weighted by molar-refractivity contribution is 5.72. The molecule has 1 aliphatic rings. The third kappa shape index (κ3) is 5.44. The lowest BCUT2D eigenvalue weighted by Crippen LogP contribution is -2.42. The van der Waals surface area contributed by atoms with Crippen LogP contribution in [0.3, 0.4) is 0 Å². The van der Waals surface area contributed by atoms with Gasteiger partial charge in [0.2, 0.25) is 0 Å². The minimum absolute atomic E-state index is 0.0462. The van der Waals surface area contributed by atoms with Crippen LogP contribution in [0.2, 0.25) is 0 Å². The molecule has 1 fully saturated rings. The van der Waals surface area contributed by atoms with Gasteiger partial charge in [-0.3, -0.25) is 19.5 Å². The molecule has 4 rings (SSSR count). The van der Waals surface area contributed by atoms with Crippen molar-refractivity contribution in [1.29, 1.82) is 0 Å². The van der Waals surface area contributed by atoms with Crippen LogP contribution in [-0.2, 0) is 16.1 Å². The van der Waals surface area contributed by atoms with Crippen molar-refractivity contribution in [3.63, 3.8) is 0 Å². The van der Waals surface area contributed by atoms with Gasteiger partial charge in [0.15, 0.2) is 0 Å². The third-order valence-corrected chi connectivity index (χ3v) is 6.77. The fraction of sp³-hybridized carbons (Fsp3) is 0.393. The zero-order valence-electron chi connectivity index (χ0n) is 21.0. The molecule has 3 aromatic rings. The highest BCUT2D eigenvalue weighted by Crippen LogP contribution is 2.36. The molecule has 1 aromatic carbocycles. The first-order chi connectivity index (χ1) is 17.4. The van der Waals surface area contributed by atoms with E-state index in [4.69, 9.17) is 9.47 Å². The summed E-state index contributed by atoms with van der Waals surface area (Å²) in [6.45, 7) is 5.44. The summed E-state index contributed by atoms with van der Waals surface area (Å²) in [7, 11) is 1.60. The van der Waals surface area contributed by atoms with Gasteiger partial charge in [-0.15, -0.1) is 0 Å². The molecule has 3 heterocycles. The first-order valence-electron chi connectivity index (χ1n) is 12.3. The average molecular weight is 492 g/mol. The number of carbonyl (C=O) groups excluding carboxylic acids is 1. The lowest BCUT2D eigenvalue weighted by atomic mass is 9.91. The van der Waals surface area contributed by atoms with Crippen molar-refractivity contribution < 1.29 is 19.4 Å². The van der Waals surface area contributed by atoms with E-state index < -0.39 is 6.04 Å². The van der Waals surface area contributed by atoms with E-state index in [1.807, 2.05) is 49.4 Å². The maximum atomic E-state index is 13.9. The van der Waals surface area contributed by atoms with Crippen LogP contribution in [-0.4, -0.2) is 52.3 Å². The van der Waals surface area contributed by atoms with Crippen molar-refractivity contribution >= 4 is 5.97 Å². The van der Waals surface area contributed by atoms with Crippen molar-refractivity contribution in [2.75, 3.05) is 26.8 Å². The molecule has 8 nitrogen and oxygen atoms in total. The zero-order valence-corrected chi connectivity index (χ0v) is 21.0. The second-order valence-electron chi connectivity index (χ2n) is 9.04.